The van der Waals surface area contributed by atoms with Crippen LogP contribution in [0.4, 0.5) is 5.69 Å². The molecular formula is C22H28N2O. The van der Waals surface area contributed by atoms with Crippen molar-refractivity contribution in [1.29, 1.82) is 0 Å². The third-order valence-corrected chi connectivity index (χ3v) is 5.14. The van der Waals surface area contributed by atoms with Crippen LogP contribution in [0.15, 0.2) is 42.5 Å². The van der Waals surface area contributed by atoms with Gasteiger partial charge in [-0.15, -0.1) is 0 Å². The average Bonchev–Trinajstić information content (AvgIpc) is 2.66. The minimum absolute atomic E-state index is 0.0404. The molecule has 1 atom stereocenters. The summed E-state index contributed by atoms with van der Waals surface area (Å²) < 4.78 is 0. The van der Waals surface area contributed by atoms with Crippen molar-refractivity contribution in [2.24, 2.45) is 0 Å². The highest BCUT2D eigenvalue weighted by Crippen LogP contribution is 2.29. The summed E-state index contributed by atoms with van der Waals surface area (Å²) in [5.41, 5.74) is 6.18. The van der Waals surface area contributed by atoms with Gasteiger partial charge in [-0.05, 0) is 54.4 Å². The summed E-state index contributed by atoms with van der Waals surface area (Å²) in [6.07, 6.45) is 5.26. The molecule has 0 saturated carbocycles. The summed E-state index contributed by atoms with van der Waals surface area (Å²) in [5.74, 6) is 0.0404. The van der Waals surface area contributed by atoms with Gasteiger partial charge in [0, 0.05) is 11.7 Å². The number of amides is 1. The molecule has 1 aliphatic carbocycles. The molecule has 2 N–H and O–H groups in total. The van der Waals surface area contributed by atoms with Crippen LogP contribution in [0.2, 0.25) is 0 Å². The predicted molar refractivity (Wildman–Crippen MR) is 104 cm³/mol. The number of carbonyl (C=O) groups is 1. The lowest BCUT2D eigenvalue weighted by Gasteiger charge is -2.26. The fourth-order valence-corrected chi connectivity index (χ4v) is 3.77. The lowest BCUT2D eigenvalue weighted by atomic mass is 9.88. The van der Waals surface area contributed by atoms with E-state index in [1.807, 2.05) is 0 Å². The maximum absolute atomic E-state index is 12.5. The zero-order valence-electron chi connectivity index (χ0n) is 15.3. The second-order valence-corrected chi connectivity index (χ2v) is 6.73. The number of para-hydroxylation sites is 1. The fourth-order valence-electron chi connectivity index (χ4n) is 3.77. The molecule has 2 aromatic rings. The van der Waals surface area contributed by atoms with Gasteiger partial charge in [0.05, 0.1) is 6.54 Å². The molecule has 0 unspecified atom stereocenters. The molecule has 3 nitrogen and oxygen atoms in total. The third-order valence-electron chi connectivity index (χ3n) is 5.14. The van der Waals surface area contributed by atoms with E-state index >= 15 is 0 Å². The highest BCUT2D eigenvalue weighted by atomic mass is 16.1. The van der Waals surface area contributed by atoms with Crippen molar-refractivity contribution < 1.29 is 4.79 Å². The van der Waals surface area contributed by atoms with Crippen molar-refractivity contribution in [2.45, 2.75) is 52.0 Å². The molecule has 0 radical (unpaired) electrons. The molecule has 132 valence electrons. The van der Waals surface area contributed by atoms with Gasteiger partial charge in [-0.25, -0.2) is 0 Å². The Labute approximate surface area is 150 Å². The second kappa shape index (κ2) is 8.30. The van der Waals surface area contributed by atoms with Gasteiger partial charge in [-0.3, -0.25) is 4.79 Å². The lowest BCUT2D eigenvalue weighted by molar-refractivity contribution is -0.115. The Balaban J connectivity index is 1.65. The standard InChI is InChI=1S/C22H28N2O/c1-3-16-10-7-11-17(4-2)22(16)24-21(25)15-23-20-14-8-12-18-9-5-6-13-19(18)20/h5-7,9-11,13,20,23H,3-4,8,12,14-15H2,1-2H3,(H,24,25)/t20-/m0/s1. The Kier molecular flexibility index (Phi) is 5.87. The normalized spacial score (nSPS) is 16.3. The summed E-state index contributed by atoms with van der Waals surface area (Å²) in [5, 5.41) is 6.60. The van der Waals surface area contributed by atoms with Crippen LogP contribution in [0.25, 0.3) is 0 Å². The second-order valence-electron chi connectivity index (χ2n) is 6.73. The van der Waals surface area contributed by atoms with Gasteiger partial charge in [-0.1, -0.05) is 56.3 Å². The van der Waals surface area contributed by atoms with Crippen LogP contribution in [-0.4, -0.2) is 12.5 Å². The van der Waals surface area contributed by atoms with Gasteiger partial charge < -0.3 is 10.6 Å². The molecule has 0 saturated heterocycles. The summed E-state index contributed by atoms with van der Waals surface area (Å²) >= 11 is 0. The highest BCUT2D eigenvalue weighted by Gasteiger charge is 2.20. The zero-order chi connectivity index (χ0) is 17.6. The van der Waals surface area contributed by atoms with E-state index in [2.05, 4.69) is 66.9 Å². The Hall–Kier alpha value is -2.13. The Bertz CT molecular complexity index is 716. The maximum atomic E-state index is 12.5. The first kappa shape index (κ1) is 17.7. The van der Waals surface area contributed by atoms with Crippen molar-refractivity contribution in [3.05, 3.63) is 64.7 Å². The number of aryl methyl sites for hydroxylation is 3. The van der Waals surface area contributed by atoms with Gasteiger partial charge >= 0.3 is 0 Å². The minimum atomic E-state index is 0.0404. The molecule has 3 heteroatoms. The largest absolute Gasteiger partial charge is 0.324 e. The van der Waals surface area contributed by atoms with E-state index in [0.717, 1.165) is 31.4 Å². The van der Waals surface area contributed by atoms with Gasteiger partial charge in [0.15, 0.2) is 0 Å². The molecule has 0 bridgehead atoms. The number of carbonyl (C=O) groups excluding carboxylic acids is 1. The number of hydrogen-bond donors (Lipinski definition) is 2. The van der Waals surface area contributed by atoms with E-state index < -0.39 is 0 Å². The van der Waals surface area contributed by atoms with Crippen molar-refractivity contribution in [3.8, 4) is 0 Å². The molecule has 3 rings (SSSR count). The van der Waals surface area contributed by atoms with Crippen molar-refractivity contribution in [2.75, 3.05) is 11.9 Å². The van der Waals surface area contributed by atoms with E-state index in [4.69, 9.17) is 0 Å². The van der Waals surface area contributed by atoms with E-state index in [9.17, 15) is 4.79 Å². The van der Waals surface area contributed by atoms with Crippen LogP contribution in [0, 0.1) is 0 Å². The van der Waals surface area contributed by atoms with Crippen molar-refractivity contribution in [3.63, 3.8) is 0 Å². The minimum Gasteiger partial charge on any atom is -0.324 e. The summed E-state index contributed by atoms with van der Waals surface area (Å²) in [4.78, 5) is 12.5. The van der Waals surface area contributed by atoms with Gasteiger partial charge in [0.1, 0.15) is 0 Å². The molecule has 0 aliphatic heterocycles. The molecule has 1 aliphatic rings. The molecular weight excluding hydrogens is 308 g/mol. The maximum Gasteiger partial charge on any atom is 0.238 e. The smallest absolute Gasteiger partial charge is 0.238 e. The number of rotatable bonds is 6. The summed E-state index contributed by atoms with van der Waals surface area (Å²) in [6.45, 7) is 4.60. The van der Waals surface area contributed by atoms with Crippen LogP contribution < -0.4 is 10.6 Å². The highest BCUT2D eigenvalue weighted by molar-refractivity contribution is 5.93. The molecule has 0 fully saturated rings. The molecule has 1 amide bonds. The van der Waals surface area contributed by atoms with Crippen LogP contribution >= 0.6 is 0 Å². The first-order chi connectivity index (χ1) is 12.2. The quantitative estimate of drug-likeness (QED) is 0.820. The zero-order valence-corrected chi connectivity index (χ0v) is 15.3. The average molecular weight is 336 g/mol. The monoisotopic (exact) mass is 336 g/mol. The Morgan fingerprint density at radius 2 is 1.76 bits per heavy atom. The first-order valence-electron chi connectivity index (χ1n) is 9.44. The topological polar surface area (TPSA) is 41.1 Å². The summed E-state index contributed by atoms with van der Waals surface area (Å²) in [7, 11) is 0. The van der Waals surface area contributed by atoms with Gasteiger partial charge in [0.25, 0.3) is 0 Å². The van der Waals surface area contributed by atoms with Crippen molar-refractivity contribution >= 4 is 11.6 Å². The SMILES string of the molecule is CCc1cccc(CC)c1NC(=O)CN[C@H]1CCCc2ccccc21. The van der Waals surface area contributed by atoms with Crippen LogP contribution in [0.3, 0.4) is 0 Å². The molecule has 0 aromatic heterocycles. The molecule has 25 heavy (non-hydrogen) atoms. The van der Waals surface area contributed by atoms with E-state index in [-0.39, 0.29) is 11.9 Å². The predicted octanol–water partition coefficient (Wildman–Crippen LogP) is 4.42. The fraction of sp³-hybridized carbons (Fsp3) is 0.409. The van der Waals surface area contributed by atoms with Crippen LogP contribution in [-0.2, 0) is 24.1 Å². The molecule has 0 heterocycles. The lowest BCUT2D eigenvalue weighted by Crippen LogP contribution is -2.33. The number of fused-ring (bicyclic) bond motifs is 1. The van der Waals surface area contributed by atoms with Crippen LogP contribution in [0.5, 0.6) is 0 Å². The van der Waals surface area contributed by atoms with E-state index in [0.29, 0.717) is 6.54 Å². The Morgan fingerprint density at radius 3 is 2.48 bits per heavy atom. The number of nitrogens with one attached hydrogen (secondary N) is 2. The van der Waals surface area contributed by atoms with Gasteiger partial charge in [0.2, 0.25) is 5.91 Å². The van der Waals surface area contributed by atoms with Gasteiger partial charge in [-0.2, -0.15) is 0 Å². The van der Waals surface area contributed by atoms with Crippen molar-refractivity contribution in [1.82, 2.24) is 5.32 Å². The third kappa shape index (κ3) is 4.10. The number of benzene rings is 2. The molecule has 2 aromatic carbocycles. The Morgan fingerprint density at radius 1 is 1.04 bits per heavy atom. The van der Waals surface area contributed by atoms with E-state index in [1.165, 1.54) is 28.7 Å². The molecule has 0 spiro atoms. The number of hydrogen-bond acceptors (Lipinski definition) is 2. The first-order valence-corrected chi connectivity index (χ1v) is 9.44. The van der Waals surface area contributed by atoms with Crippen LogP contribution in [0.1, 0.15) is 55.0 Å². The van der Waals surface area contributed by atoms with E-state index in [1.54, 1.807) is 0 Å². The summed E-state index contributed by atoms with van der Waals surface area (Å²) in [6, 6.07) is 15.1. The number of anilines is 1.